The summed E-state index contributed by atoms with van der Waals surface area (Å²) in [6, 6.07) is 12.0. The van der Waals surface area contributed by atoms with Crippen molar-refractivity contribution in [3.8, 4) is 0 Å². The molecule has 2 aliphatic rings. The van der Waals surface area contributed by atoms with Gasteiger partial charge >= 0.3 is 0 Å². The molecule has 0 amide bonds. The van der Waals surface area contributed by atoms with Crippen molar-refractivity contribution in [3.63, 3.8) is 0 Å². The van der Waals surface area contributed by atoms with Crippen LogP contribution in [0.4, 0.5) is 5.95 Å². The minimum absolute atomic E-state index is 0.184. The molecule has 1 N–H and O–H groups in total. The van der Waals surface area contributed by atoms with E-state index < -0.39 is 0 Å². The number of carbonyl (C=O) groups is 1. The van der Waals surface area contributed by atoms with Gasteiger partial charge in [0.05, 0.1) is 0 Å². The molecule has 3 heterocycles. The Morgan fingerprint density at radius 3 is 2.96 bits per heavy atom. The highest BCUT2D eigenvalue weighted by Crippen LogP contribution is 2.44. The van der Waals surface area contributed by atoms with Crippen molar-refractivity contribution in [1.82, 2.24) is 14.8 Å². The number of rotatable bonds is 2. The number of benzene rings is 1. The van der Waals surface area contributed by atoms with Gasteiger partial charge in [-0.2, -0.15) is 10.1 Å². The zero-order chi connectivity index (χ0) is 17.7. The molecule has 1 aliphatic carbocycles. The number of anilines is 1. The van der Waals surface area contributed by atoms with E-state index in [4.69, 9.17) is 0 Å². The minimum atomic E-state index is -0.238. The van der Waals surface area contributed by atoms with Crippen molar-refractivity contribution in [2.45, 2.75) is 24.8 Å². The van der Waals surface area contributed by atoms with E-state index in [0.717, 1.165) is 27.7 Å². The van der Waals surface area contributed by atoms with E-state index in [1.165, 1.54) is 11.2 Å². The van der Waals surface area contributed by atoms with Gasteiger partial charge < -0.3 is 5.32 Å². The van der Waals surface area contributed by atoms with Gasteiger partial charge in [0.25, 0.3) is 0 Å². The second-order valence-corrected chi connectivity index (χ2v) is 8.44. The predicted molar refractivity (Wildman–Crippen MR) is 104 cm³/mol. The fourth-order valence-electron chi connectivity index (χ4n) is 3.86. The summed E-state index contributed by atoms with van der Waals surface area (Å²) in [4.78, 5) is 18.8. The van der Waals surface area contributed by atoms with Crippen molar-refractivity contribution in [2.75, 3.05) is 5.32 Å². The molecular formula is C19H15BrN4OS. The van der Waals surface area contributed by atoms with E-state index >= 15 is 0 Å². The molecule has 130 valence electrons. The van der Waals surface area contributed by atoms with Crippen LogP contribution >= 0.6 is 27.3 Å². The molecule has 5 nitrogen and oxygen atoms in total. The number of hydrogen-bond donors (Lipinski definition) is 1. The number of allylic oxidation sites excluding steroid dienone is 2. The van der Waals surface area contributed by atoms with Gasteiger partial charge in [-0.25, -0.2) is 4.68 Å². The maximum atomic E-state index is 13.2. The Labute approximate surface area is 162 Å². The summed E-state index contributed by atoms with van der Waals surface area (Å²) in [6.45, 7) is 0. The molecule has 0 saturated heterocycles. The zero-order valence-electron chi connectivity index (χ0n) is 13.7. The van der Waals surface area contributed by atoms with E-state index in [9.17, 15) is 4.79 Å². The van der Waals surface area contributed by atoms with Crippen LogP contribution in [0, 0.1) is 0 Å². The smallest absolute Gasteiger partial charge is 0.226 e. The Morgan fingerprint density at radius 1 is 1.23 bits per heavy atom. The molecule has 2 atom stereocenters. The van der Waals surface area contributed by atoms with Gasteiger partial charge in [0, 0.05) is 33.0 Å². The van der Waals surface area contributed by atoms with E-state index in [1.807, 2.05) is 35.0 Å². The normalized spacial score (nSPS) is 22.0. The fourth-order valence-corrected chi connectivity index (χ4v) is 5.11. The van der Waals surface area contributed by atoms with Crippen LogP contribution in [0.25, 0.3) is 0 Å². The van der Waals surface area contributed by atoms with Gasteiger partial charge in [-0.05, 0) is 35.6 Å². The first-order valence-electron chi connectivity index (χ1n) is 8.42. The van der Waals surface area contributed by atoms with Crippen LogP contribution in [0.2, 0.25) is 0 Å². The third-order valence-electron chi connectivity index (χ3n) is 4.97. The number of ketones is 1. The number of thiophene rings is 1. The first-order valence-corrected chi connectivity index (χ1v) is 10.1. The van der Waals surface area contributed by atoms with Gasteiger partial charge in [-0.1, -0.05) is 34.1 Å². The molecule has 0 radical (unpaired) electrons. The highest BCUT2D eigenvalue weighted by atomic mass is 79.9. The van der Waals surface area contributed by atoms with Crippen molar-refractivity contribution >= 4 is 39.0 Å². The molecule has 3 aromatic rings. The number of Topliss-reactive ketones (excluding diaryl/α,β-unsaturated/α-hetero) is 1. The third-order valence-corrected chi connectivity index (χ3v) is 6.50. The van der Waals surface area contributed by atoms with E-state index in [0.29, 0.717) is 12.4 Å². The quantitative estimate of drug-likeness (QED) is 0.654. The molecule has 1 aromatic carbocycles. The highest BCUT2D eigenvalue weighted by Gasteiger charge is 2.39. The Hall–Kier alpha value is -2.25. The first-order chi connectivity index (χ1) is 12.7. The maximum absolute atomic E-state index is 13.2. The number of fused-ring (bicyclic) bond motifs is 1. The van der Waals surface area contributed by atoms with Gasteiger partial charge in [-0.15, -0.1) is 11.3 Å². The third kappa shape index (κ3) is 2.54. The zero-order valence-corrected chi connectivity index (χ0v) is 16.1. The summed E-state index contributed by atoms with van der Waals surface area (Å²) in [5.41, 5.74) is 2.82. The first kappa shape index (κ1) is 16.0. The Morgan fingerprint density at radius 2 is 2.15 bits per heavy atom. The molecule has 1 aliphatic heterocycles. The summed E-state index contributed by atoms with van der Waals surface area (Å²) >= 11 is 5.25. The van der Waals surface area contributed by atoms with E-state index in [2.05, 4.69) is 42.8 Å². The van der Waals surface area contributed by atoms with Crippen LogP contribution in [-0.2, 0) is 4.79 Å². The molecule has 0 bridgehead atoms. The lowest BCUT2D eigenvalue weighted by molar-refractivity contribution is -0.116. The van der Waals surface area contributed by atoms with Crippen LogP contribution in [0.1, 0.15) is 35.2 Å². The van der Waals surface area contributed by atoms with Crippen LogP contribution in [0.5, 0.6) is 0 Å². The highest BCUT2D eigenvalue weighted by molar-refractivity contribution is 9.10. The van der Waals surface area contributed by atoms with Crippen LogP contribution in [0.15, 0.2) is 63.8 Å². The predicted octanol–water partition coefficient (Wildman–Crippen LogP) is 4.52. The van der Waals surface area contributed by atoms with Crippen molar-refractivity contribution in [1.29, 1.82) is 0 Å². The van der Waals surface area contributed by atoms with E-state index in [1.54, 1.807) is 11.3 Å². The summed E-state index contributed by atoms with van der Waals surface area (Å²) in [6.07, 6.45) is 2.89. The molecule has 7 heteroatoms. The summed E-state index contributed by atoms with van der Waals surface area (Å²) in [5, 5.41) is 9.81. The lowest BCUT2D eigenvalue weighted by atomic mass is 9.80. The Kier molecular flexibility index (Phi) is 3.79. The number of nitrogens with one attached hydrogen (secondary N) is 1. The SMILES string of the molecule is O=C1C[C@H](c2cccs2)CC2=C1[C@@H](c1cccc(Br)c1)n1ncnc1N2. The molecular weight excluding hydrogens is 412 g/mol. The van der Waals surface area contributed by atoms with Gasteiger partial charge in [0.2, 0.25) is 5.95 Å². The average molecular weight is 427 g/mol. The van der Waals surface area contributed by atoms with Gasteiger partial charge in [-0.3, -0.25) is 4.79 Å². The van der Waals surface area contributed by atoms with Crippen LogP contribution in [0.3, 0.4) is 0 Å². The van der Waals surface area contributed by atoms with Crippen molar-refractivity contribution in [3.05, 3.63) is 74.3 Å². The molecule has 5 rings (SSSR count). The summed E-state index contributed by atoms with van der Waals surface area (Å²) < 4.78 is 2.79. The fraction of sp³-hybridized carbons (Fsp3) is 0.211. The van der Waals surface area contributed by atoms with Crippen molar-refractivity contribution in [2.24, 2.45) is 0 Å². The second kappa shape index (κ2) is 6.17. The second-order valence-electron chi connectivity index (χ2n) is 6.55. The molecule has 0 fully saturated rings. The van der Waals surface area contributed by atoms with Crippen molar-refractivity contribution < 1.29 is 4.79 Å². The number of hydrogen-bond acceptors (Lipinski definition) is 5. The maximum Gasteiger partial charge on any atom is 0.226 e. The average Bonchev–Trinajstić information content (AvgIpc) is 3.31. The minimum Gasteiger partial charge on any atom is -0.328 e. The molecule has 0 saturated carbocycles. The Balaban J connectivity index is 1.63. The Bertz CT molecular complexity index is 1020. The lowest BCUT2D eigenvalue weighted by Gasteiger charge is -2.34. The topological polar surface area (TPSA) is 59.8 Å². The summed E-state index contributed by atoms with van der Waals surface area (Å²) in [5.74, 6) is 1.10. The number of aromatic nitrogens is 3. The molecule has 0 unspecified atom stereocenters. The molecule has 2 aromatic heterocycles. The standard InChI is InChI=1S/C19H15BrN4OS/c20-13-4-1-3-11(7-13)18-17-14(23-19-21-10-22-24(18)19)8-12(9-15(17)25)16-5-2-6-26-16/h1-7,10,12,18H,8-9H2,(H,21,22,23)/t12-,18-/m1/s1. The molecule has 26 heavy (non-hydrogen) atoms. The van der Waals surface area contributed by atoms with E-state index in [-0.39, 0.29) is 17.7 Å². The van der Waals surface area contributed by atoms with Gasteiger partial charge in [0.15, 0.2) is 5.78 Å². The van der Waals surface area contributed by atoms with Gasteiger partial charge in [0.1, 0.15) is 12.4 Å². The summed E-state index contributed by atoms with van der Waals surface area (Å²) in [7, 11) is 0. The monoisotopic (exact) mass is 426 g/mol. The number of halogens is 1. The molecule has 0 spiro atoms. The number of nitrogens with zero attached hydrogens (tertiary/aromatic N) is 3. The number of carbonyl (C=O) groups excluding carboxylic acids is 1. The largest absolute Gasteiger partial charge is 0.328 e. The lowest BCUT2D eigenvalue weighted by Crippen LogP contribution is -2.33. The van der Waals surface area contributed by atoms with Crippen LogP contribution in [-0.4, -0.2) is 20.5 Å². The van der Waals surface area contributed by atoms with Crippen LogP contribution < -0.4 is 5.32 Å².